The van der Waals surface area contributed by atoms with E-state index in [4.69, 9.17) is 9.84 Å². The Morgan fingerprint density at radius 1 is 1.33 bits per heavy atom. The molecule has 0 radical (unpaired) electrons. The monoisotopic (exact) mass is 375 g/mol. The molecule has 2 N–H and O–H groups in total. The quantitative estimate of drug-likeness (QED) is 0.755. The topological polar surface area (TPSA) is 82.1 Å². The Balaban J connectivity index is 1.51. The molecule has 2 fully saturated rings. The fourth-order valence-electron chi connectivity index (χ4n) is 3.98. The van der Waals surface area contributed by atoms with Crippen molar-refractivity contribution in [3.8, 4) is 0 Å². The molecule has 0 spiro atoms. The third kappa shape index (κ3) is 4.99. The van der Waals surface area contributed by atoms with Gasteiger partial charge >= 0.3 is 12.0 Å². The maximum atomic E-state index is 12.7. The zero-order chi connectivity index (χ0) is 19.3. The standard InChI is InChI=1S/C20H29N3O4/c1-22(14-18(24)25)12-17-13-23(10-11-27-17)19(26)21-15-20(8-5-9-20)16-6-3-2-4-7-16/h2-4,6-7,17H,5,8-15H2,1H3,(H,21,26)(H,24,25). The zero-order valence-corrected chi connectivity index (χ0v) is 15.9. The van der Waals surface area contributed by atoms with E-state index < -0.39 is 5.97 Å². The average molecular weight is 375 g/mol. The Morgan fingerprint density at radius 2 is 2.07 bits per heavy atom. The molecule has 3 rings (SSSR count). The lowest BCUT2D eigenvalue weighted by atomic mass is 9.64. The van der Waals surface area contributed by atoms with Crippen molar-refractivity contribution in [3.63, 3.8) is 0 Å². The molecule has 1 atom stereocenters. The molecule has 1 saturated heterocycles. The number of nitrogens with zero attached hydrogens (tertiary/aromatic N) is 2. The van der Waals surface area contributed by atoms with Crippen LogP contribution in [-0.4, -0.2) is 79.4 Å². The highest BCUT2D eigenvalue weighted by atomic mass is 16.5. The van der Waals surface area contributed by atoms with E-state index >= 15 is 0 Å². The second kappa shape index (κ2) is 8.71. The molecule has 2 aliphatic rings. The summed E-state index contributed by atoms with van der Waals surface area (Å²) in [5.74, 6) is -0.866. The molecule has 2 amide bonds. The summed E-state index contributed by atoms with van der Waals surface area (Å²) in [4.78, 5) is 27.0. The van der Waals surface area contributed by atoms with E-state index in [-0.39, 0.29) is 24.1 Å². The number of benzene rings is 1. The van der Waals surface area contributed by atoms with E-state index in [2.05, 4.69) is 29.6 Å². The fourth-order valence-corrected chi connectivity index (χ4v) is 3.98. The van der Waals surface area contributed by atoms with E-state index in [1.54, 1.807) is 16.8 Å². The van der Waals surface area contributed by atoms with Crippen LogP contribution in [0.5, 0.6) is 0 Å². The van der Waals surface area contributed by atoms with Crippen LogP contribution in [0.3, 0.4) is 0 Å². The molecule has 27 heavy (non-hydrogen) atoms. The molecule has 1 aromatic carbocycles. The molecule has 7 heteroatoms. The lowest BCUT2D eigenvalue weighted by Crippen LogP contribution is -2.54. The number of carboxylic acid groups (broad SMARTS) is 1. The molecule has 1 heterocycles. The second-order valence-corrected chi connectivity index (χ2v) is 7.69. The molecule has 1 unspecified atom stereocenters. The maximum Gasteiger partial charge on any atom is 0.317 e. The first-order valence-corrected chi connectivity index (χ1v) is 9.59. The summed E-state index contributed by atoms with van der Waals surface area (Å²) in [5.41, 5.74) is 1.36. The number of rotatable bonds is 7. The van der Waals surface area contributed by atoms with Crippen LogP contribution in [-0.2, 0) is 14.9 Å². The van der Waals surface area contributed by atoms with Crippen molar-refractivity contribution in [2.24, 2.45) is 0 Å². The van der Waals surface area contributed by atoms with Gasteiger partial charge < -0.3 is 20.1 Å². The maximum absolute atomic E-state index is 12.7. The van der Waals surface area contributed by atoms with Crippen molar-refractivity contribution in [2.75, 3.05) is 46.4 Å². The van der Waals surface area contributed by atoms with Gasteiger partial charge in [-0.3, -0.25) is 9.69 Å². The van der Waals surface area contributed by atoms with Gasteiger partial charge in [0.1, 0.15) is 0 Å². The number of carbonyl (C=O) groups excluding carboxylic acids is 1. The molecule has 1 aliphatic heterocycles. The Kier molecular flexibility index (Phi) is 6.34. The fraction of sp³-hybridized carbons (Fsp3) is 0.600. The Bertz CT molecular complexity index is 648. The first kappa shape index (κ1) is 19.6. The second-order valence-electron chi connectivity index (χ2n) is 7.69. The Labute approximate surface area is 160 Å². The molecule has 0 bridgehead atoms. The van der Waals surface area contributed by atoms with Gasteiger partial charge in [0.25, 0.3) is 0 Å². The minimum absolute atomic E-state index is 0.0361. The van der Waals surface area contributed by atoms with Crippen LogP contribution in [0.25, 0.3) is 0 Å². The molecule has 7 nitrogen and oxygen atoms in total. The summed E-state index contributed by atoms with van der Waals surface area (Å²) >= 11 is 0. The first-order valence-electron chi connectivity index (χ1n) is 9.59. The molecule has 0 aromatic heterocycles. The van der Waals surface area contributed by atoms with Gasteiger partial charge in [0.05, 0.1) is 19.3 Å². The van der Waals surface area contributed by atoms with Gasteiger partial charge in [0, 0.05) is 31.6 Å². The molecular weight excluding hydrogens is 346 g/mol. The van der Waals surface area contributed by atoms with E-state index in [1.807, 2.05) is 6.07 Å². The van der Waals surface area contributed by atoms with Crippen LogP contribution in [0.4, 0.5) is 4.79 Å². The van der Waals surface area contributed by atoms with Gasteiger partial charge in [-0.25, -0.2) is 4.79 Å². The number of likely N-dealkylation sites (N-methyl/N-ethyl adjacent to an activating group) is 1. The molecule has 1 aromatic rings. The number of morpholine rings is 1. The number of ether oxygens (including phenoxy) is 1. The summed E-state index contributed by atoms with van der Waals surface area (Å²) in [6, 6.07) is 10.4. The van der Waals surface area contributed by atoms with Crippen LogP contribution in [0, 0.1) is 0 Å². The van der Waals surface area contributed by atoms with Crippen LogP contribution < -0.4 is 5.32 Å². The van der Waals surface area contributed by atoms with Crippen LogP contribution >= 0.6 is 0 Å². The summed E-state index contributed by atoms with van der Waals surface area (Å²) in [6.45, 7) is 2.62. The lowest BCUT2D eigenvalue weighted by molar-refractivity contribution is -0.138. The van der Waals surface area contributed by atoms with Crippen molar-refractivity contribution in [1.82, 2.24) is 15.1 Å². The van der Waals surface area contributed by atoms with Gasteiger partial charge in [-0.05, 0) is 25.5 Å². The third-order valence-electron chi connectivity index (χ3n) is 5.62. The smallest absolute Gasteiger partial charge is 0.317 e. The van der Waals surface area contributed by atoms with Gasteiger partial charge in [-0.15, -0.1) is 0 Å². The number of nitrogens with one attached hydrogen (secondary N) is 1. The van der Waals surface area contributed by atoms with Crippen LogP contribution in [0.2, 0.25) is 0 Å². The van der Waals surface area contributed by atoms with Crippen LogP contribution in [0.1, 0.15) is 24.8 Å². The predicted molar refractivity (Wildman–Crippen MR) is 102 cm³/mol. The zero-order valence-electron chi connectivity index (χ0n) is 15.9. The molecule has 1 aliphatic carbocycles. The van der Waals surface area contributed by atoms with Crippen molar-refractivity contribution in [3.05, 3.63) is 35.9 Å². The summed E-state index contributed by atoms with van der Waals surface area (Å²) < 4.78 is 5.70. The first-order chi connectivity index (χ1) is 13.0. The minimum Gasteiger partial charge on any atom is -0.480 e. The van der Waals surface area contributed by atoms with Crippen molar-refractivity contribution in [1.29, 1.82) is 0 Å². The summed E-state index contributed by atoms with van der Waals surface area (Å²) in [6.07, 6.45) is 3.23. The van der Waals surface area contributed by atoms with Gasteiger partial charge in [-0.1, -0.05) is 36.8 Å². The van der Waals surface area contributed by atoms with Gasteiger partial charge in [-0.2, -0.15) is 0 Å². The lowest BCUT2D eigenvalue weighted by Gasteiger charge is -2.43. The van der Waals surface area contributed by atoms with Crippen molar-refractivity contribution >= 4 is 12.0 Å². The van der Waals surface area contributed by atoms with Gasteiger partial charge in [0.2, 0.25) is 0 Å². The third-order valence-corrected chi connectivity index (χ3v) is 5.62. The van der Waals surface area contributed by atoms with Crippen molar-refractivity contribution in [2.45, 2.75) is 30.8 Å². The number of hydrogen-bond donors (Lipinski definition) is 2. The molecule has 1 saturated carbocycles. The normalized spacial score (nSPS) is 21.6. The molecular formula is C20H29N3O4. The minimum atomic E-state index is -0.866. The number of carbonyl (C=O) groups is 2. The summed E-state index contributed by atoms with van der Waals surface area (Å²) in [5, 5.41) is 12.0. The Morgan fingerprint density at radius 3 is 2.70 bits per heavy atom. The highest BCUT2D eigenvalue weighted by molar-refractivity contribution is 5.74. The highest BCUT2D eigenvalue weighted by Crippen LogP contribution is 2.43. The predicted octanol–water partition coefficient (Wildman–Crippen LogP) is 1.54. The number of carboxylic acids is 1. The number of amides is 2. The van der Waals surface area contributed by atoms with Crippen LogP contribution in [0.15, 0.2) is 30.3 Å². The van der Waals surface area contributed by atoms with Crippen molar-refractivity contribution < 1.29 is 19.4 Å². The average Bonchev–Trinajstić information content (AvgIpc) is 2.61. The van der Waals surface area contributed by atoms with E-state index in [1.165, 1.54) is 12.0 Å². The number of urea groups is 1. The Hall–Kier alpha value is -2.12. The van der Waals surface area contributed by atoms with Gasteiger partial charge in [0.15, 0.2) is 0 Å². The molecule has 148 valence electrons. The summed E-state index contributed by atoms with van der Waals surface area (Å²) in [7, 11) is 1.75. The highest BCUT2D eigenvalue weighted by Gasteiger charge is 2.39. The largest absolute Gasteiger partial charge is 0.480 e. The van der Waals surface area contributed by atoms with E-state index in [0.29, 0.717) is 32.8 Å². The number of aliphatic carboxylic acids is 1. The SMILES string of the molecule is CN(CC(=O)O)CC1CN(C(=O)NCC2(c3ccccc3)CCC2)CCO1. The van der Waals surface area contributed by atoms with E-state index in [0.717, 1.165) is 12.8 Å². The van der Waals surface area contributed by atoms with E-state index in [9.17, 15) is 9.59 Å². The number of hydrogen-bond acceptors (Lipinski definition) is 4.